The summed E-state index contributed by atoms with van der Waals surface area (Å²) in [6.07, 6.45) is -2.63. The number of rotatable bonds is 3. The lowest BCUT2D eigenvalue weighted by atomic mass is 10.1. The van der Waals surface area contributed by atoms with Gasteiger partial charge in [0.25, 0.3) is 0 Å². The van der Waals surface area contributed by atoms with Gasteiger partial charge in [-0.25, -0.2) is 0 Å². The smallest absolute Gasteiger partial charge is 0.295 e. The van der Waals surface area contributed by atoms with E-state index in [1.807, 2.05) is 19.6 Å². The van der Waals surface area contributed by atoms with Gasteiger partial charge >= 0.3 is 6.18 Å². The summed E-state index contributed by atoms with van der Waals surface area (Å²) in [7, 11) is -1.79. The van der Waals surface area contributed by atoms with E-state index in [0.29, 0.717) is 5.56 Å². The van der Waals surface area contributed by atoms with Crippen LogP contribution in [0.15, 0.2) is 29.5 Å². The number of alkyl halides is 3. The van der Waals surface area contributed by atoms with Crippen molar-refractivity contribution in [2.75, 3.05) is 0 Å². The van der Waals surface area contributed by atoms with Gasteiger partial charge < -0.3 is 0 Å². The summed E-state index contributed by atoms with van der Waals surface area (Å²) < 4.78 is 37.3. The van der Waals surface area contributed by atoms with Gasteiger partial charge in [-0.2, -0.15) is 13.2 Å². The van der Waals surface area contributed by atoms with E-state index in [1.54, 1.807) is 6.08 Å². The van der Waals surface area contributed by atoms with Crippen LogP contribution in [-0.2, 0) is 11.0 Å². The molecule has 0 spiro atoms. The maximum absolute atomic E-state index is 12.4. The molecule has 0 unspecified atom stereocenters. The Hall–Kier alpha value is -1.36. The quantitative estimate of drug-likeness (QED) is 0.588. The average Bonchev–Trinajstić information content (AvgIpc) is 2.23. The van der Waals surface area contributed by atoms with E-state index in [1.165, 1.54) is 19.1 Å². The van der Waals surface area contributed by atoms with E-state index < -0.39 is 19.8 Å². The number of hydrogen-bond acceptors (Lipinski definition) is 1. The van der Waals surface area contributed by atoms with Crippen molar-refractivity contribution in [1.82, 2.24) is 0 Å². The second kappa shape index (κ2) is 5.33. The Kier molecular flexibility index (Phi) is 4.40. The van der Waals surface area contributed by atoms with E-state index in [0.717, 1.165) is 17.3 Å². The molecule has 1 aromatic rings. The summed E-state index contributed by atoms with van der Waals surface area (Å²) in [5, 5.41) is 0.729. The molecule has 0 atom stereocenters. The molecule has 0 amide bonds. The van der Waals surface area contributed by atoms with Crippen molar-refractivity contribution in [3.05, 3.63) is 40.6 Å². The Morgan fingerprint density at radius 1 is 1.11 bits per heavy atom. The number of Topliss-reactive ketones (excluding diaryl/α,β-unsaturated/α-hetero) is 1. The third-order valence-electron chi connectivity index (χ3n) is 2.74. The Bertz CT molecular complexity index is 493. The predicted molar refractivity (Wildman–Crippen MR) is 73.4 cm³/mol. The standard InChI is InChI=1S/C14H17F3OSi/c1-10(18)13(19(2,3)4)9-11-5-7-12(8-6-11)14(15,16)17/h5-9H,1-4H3/b13-9+. The second-order valence-corrected chi connectivity index (χ2v) is 10.5. The van der Waals surface area contributed by atoms with Gasteiger partial charge in [0.1, 0.15) is 0 Å². The van der Waals surface area contributed by atoms with Crippen molar-refractivity contribution in [3.63, 3.8) is 0 Å². The molecule has 0 saturated heterocycles. The molecule has 0 saturated carbocycles. The molecule has 1 aromatic carbocycles. The average molecular weight is 286 g/mol. The van der Waals surface area contributed by atoms with Crippen LogP contribution in [-0.4, -0.2) is 13.9 Å². The first-order valence-corrected chi connectivity index (χ1v) is 9.42. The Labute approximate surface area is 112 Å². The lowest BCUT2D eigenvalue weighted by Gasteiger charge is -2.18. The van der Waals surface area contributed by atoms with Gasteiger partial charge in [-0.3, -0.25) is 4.79 Å². The molecule has 0 N–H and O–H groups in total. The Morgan fingerprint density at radius 2 is 1.58 bits per heavy atom. The van der Waals surface area contributed by atoms with E-state index in [-0.39, 0.29) is 5.78 Å². The molecular formula is C14H17F3OSi. The minimum atomic E-state index is -4.33. The first-order chi connectivity index (χ1) is 8.51. The SMILES string of the molecule is CC(=O)/C(=C\c1ccc(C(F)(F)F)cc1)[Si](C)(C)C. The molecule has 0 aromatic heterocycles. The van der Waals surface area contributed by atoms with E-state index >= 15 is 0 Å². The summed E-state index contributed by atoms with van der Waals surface area (Å²) in [5.74, 6) is -0.0148. The largest absolute Gasteiger partial charge is 0.416 e. The fourth-order valence-electron chi connectivity index (χ4n) is 1.78. The Balaban J connectivity index is 3.14. The fourth-order valence-corrected chi connectivity index (χ4v) is 3.44. The number of benzene rings is 1. The number of allylic oxidation sites excluding steroid dienone is 1. The number of halogens is 3. The van der Waals surface area contributed by atoms with Crippen LogP contribution in [0, 0.1) is 0 Å². The molecule has 1 rings (SSSR count). The van der Waals surface area contributed by atoms with Crippen molar-refractivity contribution in [2.24, 2.45) is 0 Å². The molecule has 5 heteroatoms. The molecule has 0 heterocycles. The molecule has 0 radical (unpaired) electrons. The van der Waals surface area contributed by atoms with Crippen LogP contribution in [0.4, 0.5) is 13.2 Å². The summed E-state index contributed by atoms with van der Waals surface area (Å²) in [4.78, 5) is 11.6. The molecule has 1 nitrogen and oxygen atoms in total. The highest BCUT2D eigenvalue weighted by Crippen LogP contribution is 2.29. The third kappa shape index (κ3) is 4.35. The van der Waals surface area contributed by atoms with Gasteiger partial charge in [0.15, 0.2) is 5.78 Å². The summed E-state index contributed by atoms with van der Waals surface area (Å²) >= 11 is 0. The van der Waals surface area contributed by atoms with Crippen molar-refractivity contribution in [3.8, 4) is 0 Å². The maximum Gasteiger partial charge on any atom is 0.416 e. The molecule has 19 heavy (non-hydrogen) atoms. The zero-order valence-electron chi connectivity index (χ0n) is 11.4. The van der Waals surface area contributed by atoms with Crippen molar-refractivity contribution in [2.45, 2.75) is 32.7 Å². The van der Waals surface area contributed by atoms with Gasteiger partial charge in [0.2, 0.25) is 0 Å². The summed E-state index contributed by atoms with van der Waals surface area (Å²) in [6, 6.07) is 4.86. The first-order valence-electron chi connectivity index (χ1n) is 5.92. The van der Waals surface area contributed by atoms with Crippen LogP contribution in [0.1, 0.15) is 18.1 Å². The summed E-state index contributed by atoms with van der Waals surface area (Å²) in [5.41, 5.74) is -0.0531. The minimum Gasteiger partial charge on any atom is -0.295 e. The Morgan fingerprint density at radius 3 is 1.89 bits per heavy atom. The van der Waals surface area contributed by atoms with Crippen LogP contribution < -0.4 is 0 Å². The van der Waals surface area contributed by atoms with E-state index in [2.05, 4.69) is 0 Å². The van der Waals surface area contributed by atoms with Gasteiger partial charge in [-0.15, -0.1) is 0 Å². The van der Waals surface area contributed by atoms with Crippen LogP contribution in [0.25, 0.3) is 6.08 Å². The second-order valence-electron chi connectivity index (χ2n) is 5.48. The van der Waals surface area contributed by atoms with E-state index in [4.69, 9.17) is 0 Å². The van der Waals surface area contributed by atoms with Crippen molar-refractivity contribution < 1.29 is 18.0 Å². The molecular weight excluding hydrogens is 269 g/mol. The molecule has 0 aliphatic rings. The molecule has 0 aliphatic carbocycles. The van der Waals surface area contributed by atoms with Crippen LogP contribution >= 0.6 is 0 Å². The fraction of sp³-hybridized carbons (Fsp3) is 0.357. The van der Waals surface area contributed by atoms with Gasteiger partial charge in [-0.05, 0) is 29.8 Å². The highest BCUT2D eigenvalue weighted by atomic mass is 28.3. The number of hydrogen-bond donors (Lipinski definition) is 0. The normalized spacial score (nSPS) is 13.5. The first kappa shape index (κ1) is 15.7. The third-order valence-corrected chi connectivity index (χ3v) is 4.85. The lowest BCUT2D eigenvalue weighted by Crippen LogP contribution is -2.28. The molecule has 0 aliphatic heterocycles. The van der Waals surface area contributed by atoms with Crippen LogP contribution in [0.2, 0.25) is 19.6 Å². The molecule has 104 valence electrons. The van der Waals surface area contributed by atoms with Gasteiger partial charge in [0.05, 0.1) is 13.6 Å². The highest BCUT2D eigenvalue weighted by Gasteiger charge is 2.30. The lowest BCUT2D eigenvalue weighted by molar-refractivity contribution is -0.137. The van der Waals surface area contributed by atoms with Crippen molar-refractivity contribution >= 4 is 19.9 Å². The zero-order valence-corrected chi connectivity index (χ0v) is 12.4. The van der Waals surface area contributed by atoms with Crippen LogP contribution in [0.3, 0.4) is 0 Å². The molecule has 0 fully saturated rings. The predicted octanol–water partition coefficient (Wildman–Crippen LogP) is 4.56. The van der Waals surface area contributed by atoms with Crippen LogP contribution in [0.5, 0.6) is 0 Å². The van der Waals surface area contributed by atoms with Crippen molar-refractivity contribution in [1.29, 1.82) is 0 Å². The topological polar surface area (TPSA) is 17.1 Å². The van der Waals surface area contributed by atoms with E-state index in [9.17, 15) is 18.0 Å². The van der Waals surface area contributed by atoms with Gasteiger partial charge in [0, 0.05) is 0 Å². The number of carbonyl (C=O) groups excluding carboxylic acids is 1. The highest BCUT2D eigenvalue weighted by molar-refractivity contribution is 6.87. The monoisotopic (exact) mass is 286 g/mol. The minimum absolute atomic E-state index is 0.0148. The molecule has 0 bridgehead atoms. The van der Waals surface area contributed by atoms with Gasteiger partial charge in [-0.1, -0.05) is 37.8 Å². The maximum atomic E-state index is 12.4. The summed E-state index contributed by atoms with van der Waals surface area (Å²) in [6.45, 7) is 7.59. The zero-order chi connectivity index (χ0) is 14.8. The number of ketones is 1. The number of carbonyl (C=O) groups is 1.